The second-order valence-corrected chi connectivity index (χ2v) is 5.06. The molecule has 0 aliphatic rings. The van der Waals surface area contributed by atoms with Crippen LogP contribution in [0.3, 0.4) is 0 Å². The van der Waals surface area contributed by atoms with Gasteiger partial charge in [0, 0.05) is 11.7 Å². The minimum Gasteiger partial charge on any atom is -0.381 e. The van der Waals surface area contributed by atoms with Gasteiger partial charge in [-0.25, -0.2) is 0 Å². The molecule has 0 amide bonds. The molecule has 1 N–H and O–H groups in total. The van der Waals surface area contributed by atoms with Crippen molar-refractivity contribution in [3.63, 3.8) is 0 Å². The van der Waals surface area contributed by atoms with Crippen LogP contribution in [0, 0.1) is 31.1 Å². The molecule has 0 aliphatic heterocycles. The monoisotopic (exact) mass is 231 g/mol. The van der Waals surface area contributed by atoms with Crippen molar-refractivity contribution in [2.75, 3.05) is 5.32 Å². The summed E-state index contributed by atoms with van der Waals surface area (Å²) in [6.45, 7) is 10.4. The summed E-state index contributed by atoms with van der Waals surface area (Å²) in [7, 11) is 0. The quantitative estimate of drug-likeness (QED) is 0.863. The highest BCUT2D eigenvalue weighted by Gasteiger charge is 2.11. The molecule has 1 unspecified atom stereocenters. The van der Waals surface area contributed by atoms with E-state index >= 15 is 0 Å². The SMILES string of the molecule is Cc1cc(NC(C)CC(C)C)c(C#N)c(C)n1. The molecular weight excluding hydrogens is 210 g/mol. The van der Waals surface area contributed by atoms with Crippen LogP contribution in [0.4, 0.5) is 5.69 Å². The number of anilines is 1. The van der Waals surface area contributed by atoms with Gasteiger partial charge in [-0.05, 0) is 39.2 Å². The van der Waals surface area contributed by atoms with Crippen molar-refractivity contribution in [2.45, 2.75) is 47.1 Å². The Bertz CT molecular complexity index is 430. The fraction of sp³-hybridized carbons (Fsp3) is 0.571. The molecule has 0 saturated heterocycles. The summed E-state index contributed by atoms with van der Waals surface area (Å²) in [5, 5.41) is 12.6. The van der Waals surface area contributed by atoms with E-state index in [1.807, 2.05) is 19.9 Å². The predicted molar refractivity (Wildman–Crippen MR) is 71.0 cm³/mol. The smallest absolute Gasteiger partial charge is 0.103 e. The van der Waals surface area contributed by atoms with Crippen LogP contribution in [0.15, 0.2) is 6.07 Å². The van der Waals surface area contributed by atoms with Gasteiger partial charge >= 0.3 is 0 Å². The van der Waals surface area contributed by atoms with Crippen molar-refractivity contribution in [3.8, 4) is 6.07 Å². The third-order valence-electron chi connectivity index (χ3n) is 2.67. The van der Waals surface area contributed by atoms with Crippen molar-refractivity contribution < 1.29 is 0 Å². The first kappa shape index (κ1) is 13.5. The Morgan fingerprint density at radius 3 is 2.53 bits per heavy atom. The molecule has 3 heteroatoms. The lowest BCUT2D eigenvalue weighted by atomic mass is 10.0. The maximum absolute atomic E-state index is 9.15. The van der Waals surface area contributed by atoms with E-state index in [4.69, 9.17) is 5.26 Å². The Labute approximate surface area is 104 Å². The molecule has 17 heavy (non-hydrogen) atoms. The number of rotatable bonds is 4. The van der Waals surface area contributed by atoms with Crippen molar-refractivity contribution in [1.82, 2.24) is 4.98 Å². The van der Waals surface area contributed by atoms with Crippen LogP contribution in [0.1, 0.15) is 44.1 Å². The molecule has 0 radical (unpaired) electrons. The average molecular weight is 231 g/mol. The van der Waals surface area contributed by atoms with E-state index < -0.39 is 0 Å². The predicted octanol–water partition coefficient (Wildman–Crippen LogP) is 3.42. The van der Waals surface area contributed by atoms with E-state index in [0.717, 1.165) is 23.5 Å². The average Bonchev–Trinajstić information content (AvgIpc) is 2.15. The molecule has 0 spiro atoms. The van der Waals surface area contributed by atoms with Gasteiger partial charge in [0.15, 0.2) is 0 Å². The minimum absolute atomic E-state index is 0.364. The summed E-state index contributed by atoms with van der Waals surface area (Å²) in [6.07, 6.45) is 1.09. The number of aromatic nitrogens is 1. The van der Waals surface area contributed by atoms with E-state index in [-0.39, 0.29) is 0 Å². The lowest BCUT2D eigenvalue weighted by molar-refractivity contribution is 0.539. The maximum atomic E-state index is 9.15. The summed E-state index contributed by atoms with van der Waals surface area (Å²) in [5.41, 5.74) is 3.31. The molecule has 0 aromatic carbocycles. The first-order valence-electron chi connectivity index (χ1n) is 6.09. The number of pyridine rings is 1. The summed E-state index contributed by atoms with van der Waals surface area (Å²) in [6, 6.07) is 4.54. The zero-order valence-electron chi connectivity index (χ0n) is 11.3. The zero-order chi connectivity index (χ0) is 13.0. The molecule has 1 aromatic heterocycles. The maximum Gasteiger partial charge on any atom is 0.103 e. The highest BCUT2D eigenvalue weighted by atomic mass is 14.9. The van der Waals surface area contributed by atoms with Gasteiger partial charge in [-0.1, -0.05) is 13.8 Å². The third-order valence-corrected chi connectivity index (χ3v) is 2.67. The number of nitriles is 1. The number of nitrogens with zero attached hydrogens (tertiary/aromatic N) is 2. The summed E-state index contributed by atoms with van der Waals surface area (Å²) in [5.74, 6) is 0.645. The molecule has 1 atom stereocenters. The van der Waals surface area contributed by atoms with Crippen LogP contribution in [0.2, 0.25) is 0 Å². The van der Waals surface area contributed by atoms with Crippen LogP contribution in [-0.4, -0.2) is 11.0 Å². The Morgan fingerprint density at radius 2 is 2.00 bits per heavy atom. The third kappa shape index (κ3) is 3.74. The normalized spacial score (nSPS) is 12.3. The topological polar surface area (TPSA) is 48.7 Å². The van der Waals surface area contributed by atoms with E-state index in [9.17, 15) is 0 Å². The van der Waals surface area contributed by atoms with E-state index in [0.29, 0.717) is 17.5 Å². The fourth-order valence-corrected chi connectivity index (χ4v) is 2.12. The van der Waals surface area contributed by atoms with Gasteiger partial charge in [0.2, 0.25) is 0 Å². The van der Waals surface area contributed by atoms with Crippen molar-refractivity contribution >= 4 is 5.69 Å². The molecule has 3 nitrogen and oxygen atoms in total. The van der Waals surface area contributed by atoms with Gasteiger partial charge in [0.25, 0.3) is 0 Å². The summed E-state index contributed by atoms with van der Waals surface area (Å²) < 4.78 is 0. The lowest BCUT2D eigenvalue weighted by Gasteiger charge is -2.19. The standard InChI is InChI=1S/C14H21N3/c1-9(2)6-10(3)17-14-7-11(4)16-12(5)13(14)8-15/h7,9-10H,6H2,1-5H3,(H,16,17). The van der Waals surface area contributed by atoms with Crippen LogP contribution in [0.5, 0.6) is 0 Å². The Kier molecular flexibility index (Phi) is 4.51. The van der Waals surface area contributed by atoms with Gasteiger partial charge in [0.05, 0.1) is 16.9 Å². The van der Waals surface area contributed by atoms with Gasteiger partial charge < -0.3 is 5.32 Å². The van der Waals surface area contributed by atoms with Crippen LogP contribution in [-0.2, 0) is 0 Å². The van der Waals surface area contributed by atoms with Crippen LogP contribution < -0.4 is 5.32 Å². The number of aryl methyl sites for hydroxylation is 2. The Morgan fingerprint density at radius 1 is 1.35 bits per heavy atom. The molecule has 1 heterocycles. The van der Waals surface area contributed by atoms with Gasteiger partial charge in [-0.2, -0.15) is 5.26 Å². The van der Waals surface area contributed by atoms with E-state index in [1.165, 1.54) is 0 Å². The number of nitrogens with one attached hydrogen (secondary N) is 1. The molecule has 92 valence electrons. The fourth-order valence-electron chi connectivity index (χ4n) is 2.12. The minimum atomic E-state index is 0.364. The van der Waals surface area contributed by atoms with Gasteiger partial charge in [0.1, 0.15) is 6.07 Å². The first-order valence-corrected chi connectivity index (χ1v) is 6.09. The second kappa shape index (κ2) is 5.67. The highest BCUT2D eigenvalue weighted by Crippen LogP contribution is 2.20. The van der Waals surface area contributed by atoms with E-state index in [2.05, 4.69) is 37.1 Å². The van der Waals surface area contributed by atoms with Crippen molar-refractivity contribution in [2.24, 2.45) is 5.92 Å². The van der Waals surface area contributed by atoms with Crippen LogP contribution in [0.25, 0.3) is 0 Å². The molecule has 0 aliphatic carbocycles. The van der Waals surface area contributed by atoms with E-state index in [1.54, 1.807) is 0 Å². The molecule has 1 rings (SSSR count). The first-order chi connectivity index (χ1) is 7.93. The molecule has 0 saturated carbocycles. The second-order valence-electron chi connectivity index (χ2n) is 5.06. The van der Waals surface area contributed by atoms with Crippen LogP contribution >= 0.6 is 0 Å². The van der Waals surface area contributed by atoms with Crippen molar-refractivity contribution in [1.29, 1.82) is 5.26 Å². The van der Waals surface area contributed by atoms with Gasteiger partial charge in [-0.3, -0.25) is 4.98 Å². The molecule has 0 bridgehead atoms. The zero-order valence-corrected chi connectivity index (χ0v) is 11.3. The van der Waals surface area contributed by atoms with Gasteiger partial charge in [-0.15, -0.1) is 0 Å². The lowest BCUT2D eigenvalue weighted by Crippen LogP contribution is -2.18. The Hall–Kier alpha value is -1.56. The number of hydrogen-bond acceptors (Lipinski definition) is 3. The highest BCUT2D eigenvalue weighted by molar-refractivity contribution is 5.60. The Balaban J connectivity index is 2.94. The molecule has 0 fully saturated rings. The number of hydrogen-bond donors (Lipinski definition) is 1. The molecular formula is C14H21N3. The summed E-state index contributed by atoms with van der Waals surface area (Å²) in [4.78, 5) is 4.31. The summed E-state index contributed by atoms with van der Waals surface area (Å²) >= 11 is 0. The molecule has 1 aromatic rings. The van der Waals surface area contributed by atoms with Crippen molar-refractivity contribution in [3.05, 3.63) is 23.0 Å². The largest absolute Gasteiger partial charge is 0.381 e.